The molecule has 0 unspecified atom stereocenters. The molecule has 2 aromatic rings. The Morgan fingerprint density at radius 1 is 0.850 bits per heavy atom. The van der Waals surface area contributed by atoms with E-state index < -0.39 is 0 Å². The number of benzene rings is 2. The van der Waals surface area contributed by atoms with Gasteiger partial charge in [0.1, 0.15) is 0 Å². The average Bonchev–Trinajstić information content (AvgIpc) is 2.56. The molecule has 0 saturated carbocycles. The van der Waals surface area contributed by atoms with Gasteiger partial charge in [-0.2, -0.15) is 0 Å². The second-order valence-electron chi connectivity index (χ2n) is 5.67. The van der Waals surface area contributed by atoms with Gasteiger partial charge in [-0.3, -0.25) is 0 Å². The first-order valence-electron chi connectivity index (χ1n) is 7.54. The summed E-state index contributed by atoms with van der Waals surface area (Å²) in [4.78, 5) is 0. The summed E-state index contributed by atoms with van der Waals surface area (Å²) in [5.74, 6) is 0. The van der Waals surface area contributed by atoms with Gasteiger partial charge in [0.15, 0.2) is 0 Å². The molecule has 1 nitrogen and oxygen atoms in total. The maximum Gasteiger partial charge on any atom is 0.00116 e. The Balaban J connectivity index is 1.80. The van der Waals surface area contributed by atoms with Crippen LogP contribution in [-0.2, 0) is 11.8 Å². The summed E-state index contributed by atoms with van der Waals surface area (Å²) in [6, 6.07) is 21.8. The average molecular weight is 264 g/mol. The van der Waals surface area contributed by atoms with Crippen LogP contribution in [-0.4, -0.2) is 13.1 Å². The summed E-state index contributed by atoms with van der Waals surface area (Å²) in [5, 5.41) is 3.49. The van der Waals surface area contributed by atoms with Gasteiger partial charge in [-0.05, 0) is 49.9 Å². The van der Waals surface area contributed by atoms with E-state index in [0.717, 1.165) is 19.5 Å². The first-order chi connectivity index (χ1) is 9.89. The topological polar surface area (TPSA) is 12.0 Å². The van der Waals surface area contributed by atoms with Gasteiger partial charge in [0, 0.05) is 5.41 Å². The summed E-state index contributed by atoms with van der Waals surface area (Å²) in [5.41, 5.74) is 3.11. The van der Waals surface area contributed by atoms with E-state index in [9.17, 15) is 0 Å². The van der Waals surface area contributed by atoms with Crippen LogP contribution < -0.4 is 5.32 Å². The first kappa shape index (κ1) is 13.4. The third-order valence-electron chi connectivity index (χ3n) is 4.42. The summed E-state index contributed by atoms with van der Waals surface area (Å²) < 4.78 is 0. The van der Waals surface area contributed by atoms with Crippen LogP contribution >= 0.6 is 0 Å². The molecule has 0 spiro atoms. The van der Waals surface area contributed by atoms with Crippen LogP contribution in [0.15, 0.2) is 60.7 Å². The molecule has 0 atom stereocenters. The number of hydrogen-bond donors (Lipinski definition) is 1. The van der Waals surface area contributed by atoms with Crippen molar-refractivity contribution in [3.8, 4) is 0 Å². The van der Waals surface area contributed by atoms with Crippen molar-refractivity contribution in [2.45, 2.75) is 24.7 Å². The van der Waals surface area contributed by atoms with Gasteiger partial charge in [0.2, 0.25) is 0 Å². The standard InChI is InChI=1S/C19H22N/c1-3-7-17(8-4-1)11-12-19(13-15-20-16-14-19)18-9-5-2-6-10-18/h1-10,12,20H,11,13-16H2. The normalized spacial score (nSPS) is 17.8. The predicted molar refractivity (Wildman–Crippen MR) is 84.7 cm³/mol. The fourth-order valence-electron chi connectivity index (χ4n) is 3.18. The Labute approximate surface area is 122 Å². The molecule has 103 valence electrons. The van der Waals surface area contributed by atoms with Gasteiger partial charge in [0.25, 0.3) is 0 Å². The molecule has 1 N–H and O–H groups in total. The van der Waals surface area contributed by atoms with E-state index in [1.54, 1.807) is 0 Å². The van der Waals surface area contributed by atoms with Crippen molar-refractivity contribution in [1.82, 2.24) is 5.32 Å². The first-order valence-corrected chi connectivity index (χ1v) is 7.54. The zero-order chi connectivity index (χ0) is 13.7. The highest BCUT2D eigenvalue weighted by atomic mass is 14.9. The molecule has 1 fully saturated rings. The molecule has 1 heterocycles. The third kappa shape index (κ3) is 2.94. The van der Waals surface area contributed by atoms with Crippen LogP contribution in [0.4, 0.5) is 0 Å². The number of rotatable bonds is 4. The van der Waals surface area contributed by atoms with E-state index >= 15 is 0 Å². The minimum Gasteiger partial charge on any atom is -0.317 e. The molecule has 2 aromatic carbocycles. The third-order valence-corrected chi connectivity index (χ3v) is 4.42. The molecule has 0 aliphatic carbocycles. The Kier molecular flexibility index (Phi) is 4.17. The monoisotopic (exact) mass is 264 g/mol. The molecule has 0 bridgehead atoms. The zero-order valence-electron chi connectivity index (χ0n) is 11.9. The van der Waals surface area contributed by atoms with Crippen LogP contribution in [0.5, 0.6) is 0 Å². The van der Waals surface area contributed by atoms with E-state index in [-0.39, 0.29) is 5.41 Å². The van der Waals surface area contributed by atoms with Crippen LogP contribution in [0, 0.1) is 6.42 Å². The molecule has 1 radical (unpaired) electrons. The fourth-order valence-corrected chi connectivity index (χ4v) is 3.18. The smallest absolute Gasteiger partial charge is 0.00116 e. The molecule has 0 aromatic heterocycles. The molecule has 1 heteroatoms. The molecule has 20 heavy (non-hydrogen) atoms. The van der Waals surface area contributed by atoms with Gasteiger partial charge < -0.3 is 5.32 Å². The summed E-state index contributed by atoms with van der Waals surface area (Å²) in [6.07, 6.45) is 5.99. The lowest BCUT2D eigenvalue weighted by atomic mass is 9.70. The highest BCUT2D eigenvalue weighted by molar-refractivity contribution is 5.31. The second kappa shape index (κ2) is 6.23. The van der Waals surface area contributed by atoms with Gasteiger partial charge in [-0.25, -0.2) is 0 Å². The molecule has 1 aliphatic rings. The maximum absolute atomic E-state index is 3.49. The summed E-state index contributed by atoms with van der Waals surface area (Å²) >= 11 is 0. The van der Waals surface area contributed by atoms with Crippen molar-refractivity contribution >= 4 is 0 Å². The van der Waals surface area contributed by atoms with E-state index in [1.165, 1.54) is 24.0 Å². The minimum absolute atomic E-state index is 0.238. The highest BCUT2D eigenvalue weighted by Crippen LogP contribution is 2.37. The number of piperidine rings is 1. The van der Waals surface area contributed by atoms with Crippen molar-refractivity contribution in [2.24, 2.45) is 0 Å². The van der Waals surface area contributed by atoms with Crippen molar-refractivity contribution in [1.29, 1.82) is 0 Å². The molecule has 1 aliphatic heterocycles. The highest BCUT2D eigenvalue weighted by Gasteiger charge is 2.33. The van der Waals surface area contributed by atoms with E-state index in [1.807, 2.05) is 0 Å². The van der Waals surface area contributed by atoms with Gasteiger partial charge in [-0.1, -0.05) is 60.7 Å². The molecule has 3 rings (SSSR count). The van der Waals surface area contributed by atoms with E-state index in [2.05, 4.69) is 72.4 Å². The van der Waals surface area contributed by atoms with Crippen LogP contribution in [0.3, 0.4) is 0 Å². The fraction of sp³-hybridized carbons (Fsp3) is 0.316. The van der Waals surface area contributed by atoms with E-state index in [4.69, 9.17) is 0 Å². The van der Waals surface area contributed by atoms with Crippen molar-refractivity contribution in [3.63, 3.8) is 0 Å². The number of hydrogen-bond acceptors (Lipinski definition) is 1. The van der Waals surface area contributed by atoms with Crippen molar-refractivity contribution < 1.29 is 0 Å². The van der Waals surface area contributed by atoms with Crippen molar-refractivity contribution in [2.75, 3.05) is 13.1 Å². The molecule has 0 amide bonds. The van der Waals surface area contributed by atoms with Gasteiger partial charge in [-0.15, -0.1) is 0 Å². The zero-order valence-corrected chi connectivity index (χ0v) is 11.9. The SMILES string of the molecule is [CH](Cc1ccccc1)C1(c2ccccc2)CCNCC1. The number of nitrogens with one attached hydrogen (secondary N) is 1. The molecule has 1 saturated heterocycles. The Hall–Kier alpha value is -1.60. The summed E-state index contributed by atoms with van der Waals surface area (Å²) in [6.45, 7) is 2.22. The Morgan fingerprint density at radius 3 is 2.10 bits per heavy atom. The van der Waals surface area contributed by atoms with Crippen molar-refractivity contribution in [3.05, 3.63) is 78.2 Å². The lowest BCUT2D eigenvalue weighted by Crippen LogP contribution is -2.40. The molecular weight excluding hydrogens is 242 g/mol. The van der Waals surface area contributed by atoms with Gasteiger partial charge >= 0.3 is 0 Å². The predicted octanol–water partition coefficient (Wildman–Crippen LogP) is 3.75. The van der Waals surface area contributed by atoms with Gasteiger partial charge in [0.05, 0.1) is 0 Å². The van der Waals surface area contributed by atoms with E-state index in [0.29, 0.717) is 0 Å². The van der Waals surface area contributed by atoms with Crippen LogP contribution in [0.25, 0.3) is 0 Å². The minimum atomic E-state index is 0.238. The largest absolute Gasteiger partial charge is 0.317 e. The summed E-state index contributed by atoms with van der Waals surface area (Å²) in [7, 11) is 0. The van der Waals surface area contributed by atoms with Crippen LogP contribution in [0.2, 0.25) is 0 Å². The Morgan fingerprint density at radius 2 is 1.45 bits per heavy atom. The van der Waals surface area contributed by atoms with Crippen LogP contribution in [0.1, 0.15) is 24.0 Å². The second-order valence-corrected chi connectivity index (χ2v) is 5.67. The Bertz CT molecular complexity index is 512. The lowest BCUT2D eigenvalue weighted by Gasteiger charge is -2.38. The molecular formula is C19H22N. The maximum atomic E-state index is 3.49. The lowest BCUT2D eigenvalue weighted by molar-refractivity contribution is 0.346. The quantitative estimate of drug-likeness (QED) is 0.886.